The molecule has 0 bridgehead atoms. The van der Waals surface area contributed by atoms with Crippen LogP contribution < -0.4 is 0 Å². The van der Waals surface area contributed by atoms with Gasteiger partial charge in [0.25, 0.3) is 0 Å². The molecule has 3 atom stereocenters. The first-order chi connectivity index (χ1) is 11.4. The van der Waals surface area contributed by atoms with Crippen LogP contribution in [0.3, 0.4) is 0 Å². The third-order valence-corrected chi connectivity index (χ3v) is 5.80. The van der Waals surface area contributed by atoms with Crippen LogP contribution in [0.5, 0.6) is 0 Å². The van der Waals surface area contributed by atoms with Crippen molar-refractivity contribution < 1.29 is 24.2 Å². The number of ether oxygens (including phenoxy) is 1. The van der Waals surface area contributed by atoms with Crippen molar-refractivity contribution in [3.63, 3.8) is 0 Å². The highest BCUT2D eigenvalue weighted by molar-refractivity contribution is 8.13. The van der Waals surface area contributed by atoms with E-state index in [4.69, 9.17) is 4.74 Å². The first-order valence-corrected chi connectivity index (χ1v) is 9.69. The number of rotatable bonds is 6. The standard InChI is InChI=1S/C17H27NO5S/c1-11(10-24-12(2)19)16(20)18-9-14(8-15(18)17(21)22)23-13-6-4-3-5-7-13/h11,13-15H,3-10H2,1-2H3,(H,21,22)/t11?,14?,15-/m0/s1. The van der Waals surface area contributed by atoms with E-state index in [2.05, 4.69) is 0 Å². The Bertz CT molecular complexity index is 478. The van der Waals surface area contributed by atoms with Gasteiger partial charge in [-0.05, 0) is 12.8 Å². The quantitative estimate of drug-likeness (QED) is 0.785. The van der Waals surface area contributed by atoms with Crippen LogP contribution in [0.1, 0.15) is 52.4 Å². The molecular formula is C17H27NO5S. The minimum absolute atomic E-state index is 0.0376. The number of nitrogens with zero attached hydrogens (tertiary/aromatic N) is 1. The van der Waals surface area contributed by atoms with Gasteiger partial charge in [-0.3, -0.25) is 9.59 Å². The van der Waals surface area contributed by atoms with Gasteiger partial charge in [0.05, 0.1) is 12.2 Å². The van der Waals surface area contributed by atoms with Crippen molar-refractivity contribution in [1.29, 1.82) is 0 Å². The fourth-order valence-corrected chi connectivity index (χ4v) is 4.07. The van der Waals surface area contributed by atoms with Gasteiger partial charge in [-0.25, -0.2) is 4.79 Å². The molecule has 1 saturated heterocycles. The van der Waals surface area contributed by atoms with Crippen LogP contribution in [0, 0.1) is 5.92 Å². The van der Waals surface area contributed by atoms with Gasteiger partial charge in [0.1, 0.15) is 6.04 Å². The third kappa shape index (κ3) is 5.21. The molecule has 2 rings (SSSR count). The Kier molecular flexibility index (Phi) is 7.10. The van der Waals surface area contributed by atoms with E-state index in [1.165, 1.54) is 18.2 Å². The largest absolute Gasteiger partial charge is 0.480 e. The summed E-state index contributed by atoms with van der Waals surface area (Å²) >= 11 is 1.10. The molecular weight excluding hydrogens is 330 g/mol. The van der Waals surface area contributed by atoms with Crippen molar-refractivity contribution in [3.8, 4) is 0 Å². The van der Waals surface area contributed by atoms with Gasteiger partial charge < -0.3 is 14.7 Å². The zero-order valence-electron chi connectivity index (χ0n) is 14.4. The molecule has 136 valence electrons. The van der Waals surface area contributed by atoms with Gasteiger partial charge in [-0.1, -0.05) is 37.9 Å². The lowest BCUT2D eigenvalue weighted by atomic mass is 9.97. The van der Waals surface area contributed by atoms with Gasteiger partial charge in [-0.2, -0.15) is 0 Å². The highest BCUT2D eigenvalue weighted by atomic mass is 32.2. The molecule has 1 aliphatic heterocycles. The van der Waals surface area contributed by atoms with Gasteiger partial charge in [-0.15, -0.1) is 0 Å². The molecule has 24 heavy (non-hydrogen) atoms. The van der Waals surface area contributed by atoms with Crippen LogP contribution in [-0.4, -0.2) is 57.5 Å². The molecule has 1 saturated carbocycles. The van der Waals surface area contributed by atoms with Crippen LogP contribution in [-0.2, 0) is 19.1 Å². The van der Waals surface area contributed by atoms with Gasteiger partial charge in [0.2, 0.25) is 5.91 Å². The van der Waals surface area contributed by atoms with Crippen LogP contribution in [0.4, 0.5) is 0 Å². The lowest BCUT2D eigenvalue weighted by molar-refractivity contribution is -0.149. The van der Waals surface area contributed by atoms with E-state index in [0.717, 1.165) is 37.4 Å². The molecule has 2 unspecified atom stereocenters. The second kappa shape index (κ2) is 8.85. The number of aliphatic carboxylic acids is 1. The summed E-state index contributed by atoms with van der Waals surface area (Å²) in [6.45, 7) is 3.54. The number of amides is 1. The maximum atomic E-state index is 12.6. The average Bonchev–Trinajstić information content (AvgIpc) is 2.96. The topological polar surface area (TPSA) is 83.9 Å². The van der Waals surface area contributed by atoms with E-state index >= 15 is 0 Å². The Balaban J connectivity index is 1.94. The van der Waals surface area contributed by atoms with E-state index in [1.54, 1.807) is 6.92 Å². The number of likely N-dealkylation sites (tertiary alicyclic amines) is 1. The maximum Gasteiger partial charge on any atom is 0.326 e. The minimum atomic E-state index is -0.982. The number of hydrogen-bond donors (Lipinski definition) is 1. The Morgan fingerprint density at radius 2 is 1.88 bits per heavy atom. The molecule has 7 heteroatoms. The van der Waals surface area contributed by atoms with E-state index in [1.807, 2.05) is 0 Å². The fraction of sp³-hybridized carbons (Fsp3) is 0.824. The summed E-state index contributed by atoms with van der Waals surface area (Å²) in [5.74, 6) is -1.19. The molecule has 1 amide bonds. The molecule has 6 nitrogen and oxygen atoms in total. The van der Waals surface area contributed by atoms with Crippen LogP contribution >= 0.6 is 11.8 Å². The van der Waals surface area contributed by atoms with Crippen molar-refractivity contribution in [3.05, 3.63) is 0 Å². The Labute approximate surface area is 147 Å². The summed E-state index contributed by atoms with van der Waals surface area (Å²) in [4.78, 5) is 36.6. The number of hydrogen-bond acceptors (Lipinski definition) is 5. The first kappa shape index (κ1) is 19.2. The maximum absolute atomic E-state index is 12.6. The highest BCUT2D eigenvalue weighted by Gasteiger charge is 2.42. The number of carbonyl (C=O) groups excluding carboxylic acids is 2. The zero-order chi connectivity index (χ0) is 17.7. The second-order valence-electron chi connectivity index (χ2n) is 6.80. The van der Waals surface area contributed by atoms with E-state index in [0.29, 0.717) is 18.7 Å². The van der Waals surface area contributed by atoms with Crippen molar-refractivity contribution >= 4 is 28.8 Å². The minimum Gasteiger partial charge on any atom is -0.480 e. The molecule has 1 heterocycles. The summed E-state index contributed by atoms with van der Waals surface area (Å²) in [5.41, 5.74) is 0. The lowest BCUT2D eigenvalue weighted by Crippen LogP contribution is -2.43. The number of carbonyl (C=O) groups is 3. The van der Waals surface area contributed by atoms with E-state index in [9.17, 15) is 19.5 Å². The molecule has 0 aromatic rings. The van der Waals surface area contributed by atoms with Crippen LogP contribution in [0.2, 0.25) is 0 Å². The molecule has 0 aromatic carbocycles. The van der Waals surface area contributed by atoms with Gasteiger partial charge in [0, 0.05) is 31.6 Å². The van der Waals surface area contributed by atoms with Crippen molar-refractivity contribution in [2.24, 2.45) is 5.92 Å². The summed E-state index contributed by atoms with van der Waals surface area (Å²) in [6, 6.07) is -0.823. The van der Waals surface area contributed by atoms with Crippen LogP contribution in [0.15, 0.2) is 0 Å². The van der Waals surface area contributed by atoms with E-state index < -0.39 is 12.0 Å². The summed E-state index contributed by atoms with van der Waals surface area (Å²) in [6.07, 6.45) is 5.93. The molecule has 0 radical (unpaired) electrons. The predicted octanol–water partition coefficient (Wildman–Crippen LogP) is 2.31. The Hall–Kier alpha value is -1.08. The number of thioether (sulfide) groups is 1. The Morgan fingerprint density at radius 3 is 2.46 bits per heavy atom. The molecule has 1 aliphatic carbocycles. The van der Waals surface area contributed by atoms with Crippen molar-refractivity contribution in [2.45, 2.75) is 70.6 Å². The first-order valence-electron chi connectivity index (χ1n) is 8.70. The number of carboxylic acid groups (broad SMARTS) is 1. The lowest BCUT2D eigenvalue weighted by Gasteiger charge is -2.26. The van der Waals surface area contributed by atoms with Gasteiger partial charge >= 0.3 is 5.97 Å². The van der Waals surface area contributed by atoms with Crippen LogP contribution in [0.25, 0.3) is 0 Å². The molecule has 1 N–H and O–H groups in total. The molecule has 0 aromatic heterocycles. The zero-order valence-corrected chi connectivity index (χ0v) is 15.2. The number of carboxylic acids is 1. The molecule has 0 spiro atoms. The Morgan fingerprint density at radius 1 is 1.21 bits per heavy atom. The normalized spacial score (nSPS) is 26.3. The second-order valence-corrected chi connectivity index (χ2v) is 8.00. The summed E-state index contributed by atoms with van der Waals surface area (Å²) < 4.78 is 6.07. The SMILES string of the molecule is CC(=O)SCC(C)C(=O)N1CC(OC2CCCCC2)C[C@H]1C(=O)O. The smallest absolute Gasteiger partial charge is 0.326 e. The highest BCUT2D eigenvalue weighted by Crippen LogP contribution is 2.28. The predicted molar refractivity (Wildman–Crippen MR) is 91.8 cm³/mol. The molecule has 2 aliphatic rings. The summed E-state index contributed by atoms with van der Waals surface area (Å²) in [5, 5.41) is 9.41. The third-order valence-electron chi connectivity index (χ3n) is 4.73. The van der Waals surface area contributed by atoms with Crippen molar-refractivity contribution in [1.82, 2.24) is 4.90 Å². The fourth-order valence-electron chi connectivity index (χ4n) is 3.44. The molecule has 2 fully saturated rings. The monoisotopic (exact) mass is 357 g/mol. The van der Waals surface area contributed by atoms with Gasteiger partial charge in [0.15, 0.2) is 5.12 Å². The summed E-state index contributed by atoms with van der Waals surface area (Å²) in [7, 11) is 0. The average molecular weight is 357 g/mol. The van der Waals surface area contributed by atoms with E-state index in [-0.39, 0.29) is 29.1 Å². The van der Waals surface area contributed by atoms with Crippen molar-refractivity contribution in [2.75, 3.05) is 12.3 Å².